The first kappa shape index (κ1) is 14.8. The van der Waals surface area contributed by atoms with E-state index in [-0.39, 0.29) is 27.6 Å². The lowest BCUT2D eigenvalue weighted by Gasteiger charge is -2.08. The van der Waals surface area contributed by atoms with Crippen molar-refractivity contribution in [2.24, 2.45) is 0 Å². The fraction of sp³-hybridized carbons (Fsp3) is 0. The molecule has 0 spiro atoms. The highest BCUT2D eigenvalue weighted by molar-refractivity contribution is 6.30. The summed E-state index contributed by atoms with van der Waals surface area (Å²) in [5.74, 6) is -2.97. The van der Waals surface area contributed by atoms with Crippen LogP contribution in [0.2, 0.25) is 5.02 Å². The summed E-state index contributed by atoms with van der Waals surface area (Å²) in [7, 11) is 0. The third-order valence-electron chi connectivity index (χ3n) is 2.67. The van der Waals surface area contributed by atoms with Gasteiger partial charge in [-0.3, -0.25) is 4.79 Å². The molecule has 0 bridgehead atoms. The molecule has 3 N–H and O–H groups in total. The molecule has 7 heteroatoms. The summed E-state index contributed by atoms with van der Waals surface area (Å²) in [5.41, 5.74) is -0.210. The van der Waals surface area contributed by atoms with Crippen molar-refractivity contribution in [2.45, 2.75) is 0 Å². The first-order valence-corrected chi connectivity index (χ1v) is 6.09. The van der Waals surface area contributed by atoms with Gasteiger partial charge in [0.05, 0.1) is 16.3 Å². The first-order valence-electron chi connectivity index (χ1n) is 5.71. The lowest BCUT2D eigenvalue weighted by atomic mass is 10.1. The Hall–Kier alpha value is -2.60. The number of amides is 1. The average Bonchev–Trinajstić information content (AvgIpc) is 2.43. The maximum atomic E-state index is 13.3. The Morgan fingerprint density at radius 2 is 1.76 bits per heavy atom. The van der Waals surface area contributed by atoms with Crippen LogP contribution in [-0.4, -0.2) is 22.1 Å². The molecule has 0 unspecified atom stereocenters. The number of carbonyl (C=O) groups excluding carboxylic acids is 1. The molecular formula is C14H9ClFNO4. The maximum Gasteiger partial charge on any atom is 0.335 e. The SMILES string of the molecule is O=C(O)c1ccc(O)c(NC(=O)c2ccc(Cl)c(F)c2)c1. The highest BCUT2D eigenvalue weighted by Gasteiger charge is 2.13. The van der Waals surface area contributed by atoms with E-state index in [2.05, 4.69) is 5.32 Å². The number of nitrogens with one attached hydrogen (secondary N) is 1. The molecule has 1 amide bonds. The van der Waals surface area contributed by atoms with Crippen LogP contribution in [0, 0.1) is 5.82 Å². The second kappa shape index (κ2) is 5.80. The molecule has 0 aliphatic heterocycles. The van der Waals surface area contributed by atoms with Crippen LogP contribution in [0.4, 0.5) is 10.1 Å². The number of phenols is 1. The standard InChI is InChI=1S/C14H9ClFNO4/c15-9-3-1-7(5-10(9)16)13(19)17-11-6-8(14(20)21)2-4-12(11)18/h1-6,18H,(H,17,19)(H,20,21). The fourth-order valence-electron chi connectivity index (χ4n) is 1.60. The quantitative estimate of drug-likeness (QED) is 0.760. The average molecular weight is 310 g/mol. The summed E-state index contributed by atoms with van der Waals surface area (Å²) in [6.45, 7) is 0. The normalized spacial score (nSPS) is 10.2. The van der Waals surface area contributed by atoms with E-state index in [1.165, 1.54) is 18.2 Å². The summed E-state index contributed by atoms with van der Waals surface area (Å²) in [4.78, 5) is 22.8. The molecule has 21 heavy (non-hydrogen) atoms. The number of phenolic OH excluding ortho intramolecular Hbond substituents is 1. The van der Waals surface area contributed by atoms with Crippen LogP contribution in [0.15, 0.2) is 36.4 Å². The molecular weight excluding hydrogens is 301 g/mol. The van der Waals surface area contributed by atoms with Gasteiger partial charge in [0.1, 0.15) is 11.6 Å². The van der Waals surface area contributed by atoms with Gasteiger partial charge in [-0.15, -0.1) is 0 Å². The molecule has 0 heterocycles. The van der Waals surface area contributed by atoms with Gasteiger partial charge in [-0.25, -0.2) is 9.18 Å². The zero-order valence-corrected chi connectivity index (χ0v) is 11.2. The molecule has 0 atom stereocenters. The smallest absolute Gasteiger partial charge is 0.335 e. The van der Waals surface area contributed by atoms with E-state index in [9.17, 15) is 19.1 Å². The van der Waals surface area contributed by atoms with E-state index in [4.69, 9.17) is 16.7 Å². The minimum atomic E-state index is -1.21. The molecule has 2 rings (SSSR count). The number of anilines is 1. The van der Waals surface area contributed by atoms with Gasteiger partial charge in [0.25, 0.3) is 5.91 Å². The van der Waals surface area contributed by atoms with Crippen LogP contribution in [-0.2, 0) is 0 Å². The second-order valence-corrected chi connectivity index (χ2v) is 4.53. The van der Waals surface area contributed by atoms with Crippen molar-refractivity contribution in [1.82, 2.24) is 0 Å². The molecule has 0 fully saturated rings. The molecule has 108 valence electrons. The van der Waals surface area contributed by atoms with Gasteiger partial charge in [0.15, 0.2) is 0 Å². The second-order valence-electron chi connectivity index (χ2n) is 4.12. The first-order chi connectivity index (χ1) is 9.88. The lowest BCUT2D eigenvalue weighted by Crippen LogP contribution is -2.13. The Morgan fingerprint density at radius 1 is 1.10 bits per heavy atom. The molecule has 0 saturated carbocycles. The van der Waals surface area contributed by atoms with E-state index in [0.717, 1.165) is 18.2 Å². The van der Waals surface area contributed by atoms with Crippen molar-refractivity contribution in [1.29, 1.82) is 0 Å². The van der Waals surface area contributed by atoms with Crippen molar-refractivity contribution in [3.8, 4) is 5.75 Å². The number of carbonyl (C=O) groups is 2. The van der Waals surface area contributed by atoms with E-state index >= 15 is 0 Å². The van der Waals surface area contributed by atoms with Gasteiger partial charge >= 0.3 is 5.97 Å². The summed E-state index contributed by atoms with van der Waals surface area (Å²) < 4.78 is 13.3. The summed E-state index contributed by atoms with van der Waals surface area (Å²) in [5, 5.41) is 20.7. The Bertz CT molecular complexity index is 733. The van der Waals surface area contributed by atoms with Crippen LogP contribution in [0.3, 0.4) is 0 Å². The van der Waals surface area contributed by atoms with E-state index in [1.54, 1.807) is 0 Å². The molecule has 2 aromatic rings. The van der Waals surface area contributed by atoms with Gasteiger partial charge in [0.2, 0.25) is 0 Å². The largest absolute Gasteiger partial charge is 0.506 e. The zero-order valence-electron chi connectivity index (χ0n) is 10.4. The monoisotopic (exact) mass is 309 g/mol. The van der Waals surface area contributed by atoms with Crippen molar-refractivity contribution in [3.05, 3.63) is 58.4 Å². The lowest BCUT2D eigenvalue weighted by molar-refractivity contribution is 0.0696. The highest BCUT2D eigenvalue weighted by atomic mass is 35.5. The number of carboxylic acid groups (broad SMARTS) is 1. The summed E-state index contributed by atoms with van der Waals surface area (Å²) >= 11 is 5.51. The topological polar surface area (TPSA) is 86.6 Å². The number of aromatic hydroxyl groups is 1. The minimum Gasteiger partial charge on any atom is -0.506 e. The number of benzene rings is 2. The Morgan fingerprint density at radius 3 is 2.38 bits per heavy atom. The number of carboxylic acids is 1. The Balaban J connectivity index is 2.28. The van der Waals surface area contributed by atoms with E-state index < -0.39 is 17.7 Å². The minimum absolute atomic E-state index is 0.0166. The van der Waals surface area contributed by atoms with Crippen LogP contribution in [0.1, 0.15) is 20.7 Å². The van der Waals surface area contributed by atoms with Gasteiger partial charge in [0, 0.05) is 5.56 Å². The van der Waals surface area contributed by atoms with Crippen molar-refractivity contribution in [2.75, 3.05) is 5.32 Å². The molecule has 5 nitrogen and oxygen atoms in total. The predicted octanol–water partition coefficient (Wildman–Crippen LogP) is 3.14. The highest BCUT2D eigenvalue weighted by Crippen LogP contribution is 2.25. The van der Waals surface area contributed by atoms with E-state index in [0.29, 0.717) is 0 Å². The van der Waals surface area contributed by atoms with Crippen molar-refractivity contribution >= 4 is 29.2 Å². The molecule has 0 aliphatic rings. The third-order valence-corrected chi connectivity index (χ3v) is 2.98. The van der Waals surface area contributed by atoms with Gasteiger partial charge < -0.3 is 15.5 Å². The van der Waals surface area contributed by atoms with Crippen LogP contribution < -0.4 is 5.32 Å². The van der Waals surface area contributed by atoms with Crippen LogP contribution in [0.5, 0.6) is 5.75 Å². The van der Waals surface area contributed by atoms with Crippen molar-refractivity contribution < 1.29 is 24.2 Å². The fourth-order valence-corrected chi connectivity index (χ4v) is 1.72. The van der Waals surface area contributed by atoms with Crippen molar-refractivity contribution in [3.63, 3.8) is 0 Å². The number of halogens is 2. The number of hydrogen-bond donors (Lipinski definition) is 3. The van der Waals surface area contributed by atoms with Crippen LogP contribution >= 0.6 is 11.6 Å². The number of aromatic carboxylic acids is 1. The zero-order chi connectivity index (χ0) is 15.6. The number of hydrogen-bond acceptors (Lipinski definition) is 3. The summed E-state index contributed by atoms with van der Waals surface area (Å²) in [6.07, 6.45) is 0. The molecule has 2 aromatic carbocycles. The Labute approximate surface area is 123 Å². The van der Waals surface area contributed by atoms with E-state index in [1.807, 2.05) is 0 Å². The van der Waals surface area contributed by atoms with Gasteiger partial charge in [-0.05, 0) is 36.4 Å². The van der Waals surface area contributed by atoms with Gasteiger partial charge in [-0.2, -0.15) is 0 Å². The van der Waals surface area contributed by atoms with Crippen LogP contribution in [0.25, 0.3) is 0 Å². The van der Waals surface area contributed by atoms with Gasteiger partial charge in [-0.1, -0.05) is 11.6 Å². The number of rotatable bonds is 3. The predicted molar refractivity (Wildman–Crippen MR) is 74.4 cm³/mol. The molecule has 0 aromatic heterocycles. The molecule has 0 radical (unpaired) electrons. The Kier molecular flexibility index (Phi) is 4.09. The molecule has 0 saturated heterocycles. The summed E-state index contributed by atoms with van der Waals surface area (Å²) in [6, 6.07) is 6.90. The maximum absolute atomic E-state index is 13.3. The molecule has 0 aliphatic carbocycles. The third kappa shape index (κ3) is 3.29.